The summed E-state index contributed by atoms with van der Waals surface area (Å²) in [7, 11) is 0. The van der Waals surface area contributed by atoms with Crippen LogP contribution in [0.1, 0.15) is 105 Å². The van der Waals surface area contributed by atoms with E-state index < -0.39 is 0 Å². The fraction of sp³-hybridized carbons (Fsp3) is 0.929. The molecule has 1 heteroatoms. The molecule has 0 aromatic heterocycles. The third kappa shape index (κ3) is 2.61. The van der Waals surface area contributed by atoms with E-state index in [9.17, 15) is 5.11 Å². The molecule has 0 amide bonds. The molecule has 0 aliphatic heterocycles. The smallest absolute Gasteiger partial charge is 0.0594 e. The maximum Gasteiger partial charge on any atom is 0.0594 e. The molecule has 1 nitrogen and oxygen atoms in total. The van der Waals surface area contributed by atoms with E-state index in [1.54, 1.807) is 0 Å². The first-order valence-corrected chi connectivity index (χ1v) is 13.0. The van der Waals surface area contributed by atoms with E-state index >= 15 is 0 Å². The van der Waals surface area contributed by atoms with Crippen LogP contribution < -0.4 is 0 Å². The molecule has 0 aromatic rings. The summed E-state index contributed by atoms with van der Waals surface area (Å²) in [5.74, 6) is 4.47. The van der Waals surface area contributed by atoms with E-state index in [0.29, 0.717) is 22.2 Å². The zero-order chi connectivity index (χ0) is 20.7. The first kappa shape index (κ1) is 20.6. The standard InChI is InChI=1S/C28H46O/c1-6-14-28-15-7-8-21(28)19-9-10-23-26(4,20(19)11-18-28)16-12-22-25(2,3)24(29)13-17-27(22,23)5/h6,14,19-24,29H,7-13,15-18H2,1-5H3/b14-6+/t19?,20?,21?,22?,23?,24?,26-,27?,28?/m0/s1. The van der Waals surface area contributed by atoms with Crippen molar-refractivity contribution < 1.29 is 5.11 Å². The minimum Gasteiger partial charge on any atom is -0.393 e. The molecule has 5 aliphatic rings. The summed E-state index contributed by atoms with van der Waals surface area (Å²) in [5, 5.41) is 10.8. The van der Waals surface area contributed by atoms with E-state index in [1.807, 2.05) is 0 Å². The number of allylic oxidation sites excluding steroid dienone is 2. The average Bonchev–Trinajstić information content (AvgIpc) is 3.09. The summed E-state index contributed by atoms with van der Waals surface area (Å²) in [6, 6.07) is 0. The molecule has 5 saturated carbocycles. The van der Waals surface area contributed by atoms with Crippen molar-refractivity contribution in [3.63, 3.8) is 0 Å². The van der Waals surface area contributed by atoms with Gasteiger partial charge in [0.2, 0.25) is 0 Å². The normalized spacial score (nSPS) is 56.3. The van der Waals surface area contributed by atoms with E-state index in [4.69, 9.17) is 0 Å². The van der Waals surface area contributed by atoms with E-state index in [0.717, 1.165) is 30.1 Å². The lowest BCUT2D eigenvalue weighted by molar-refractivity contribution is -0.212. The lowest BCUT2D eigenvalue weighted by atomic mass is 9.36. The molecular weight excluding hydrogens is 352 g/mol. The lowest BCUT2D eigenvalue weighted by Crippen LogP contribution is -2.63. The van der Waals surface area contributed by atoms with Crippen molar-refractivity contribution in [2.24, 2.45) is 51.2 Å². The Kier molecular flexibility index (Phi) is 4.69. The van der Waals surface area contributed by atoms with E-state index in [2.05, 4.69) is 46.8 Å². The minimum absolute atomic E-state index is 0.0876. The minimum atomic E-state index is -0.101. The van der Waals surface area contributed by atoms with Gasteiger partial charge in [0, 0.05) is 0 Å². The summed E-state index contributed by atoms with van der Waals surface area (Å²) in [5.41, 5.74) is 1.62. The maximum absolute atomic E-state index is 10.8. The SMILES string of the molecule is C/C=C/C12CCCC1C1CCC3C4(C)CCC(O)C(C)(C)C4CC[C@@]3(C)C1CC2. The van der Waals surface area contributed by atoms with Gasteiger partial charge in [0.1, 0.15) is 0 Å². The van der Waals surface area contributed by atoms with Gasteiger partial charge < -0.3 is 5.11 Å². The van der Waals surface area contributed by atoms with Crippen LogP contribution >= 0.6 is 0 Å². The van der Waals surface area contributed by atoms with Gasteiger partial charge in [-0.2, -0.15) is 0 Å². The highest BCUT2D eigenvalue weighted by molar-refractivity contribution is 5.17. The molecular formula is C28H46O. The molecule has 5 rings (SSSR count). The van der Waals surface area contributed by atoms with Crippen molar-refractivity contribution >= 4 is 0 Å². The van der Waals surface area contributed by atoms with Gasteiger partial charge in [0.25, 0.3) is 0 Å². The van der Waals surface area contributed by atoms with Gasteiger partial charge in [-0.25, -0.2) is 0 Å². The molecule has 8 unspecified atom stereocenters. The van der Waals surface area contributed by atoms with Crippen LogP contribution in [0.15, 0.2) is 12.2 Å². The molecule has 0 saturated heterocycles. The molecule has 164 valence electrons. The van der Waals surface area contributed by atoms with Crippen LogP contribution in [0.4, 0.5) is 0 Å². The molecule has 0 radical (unpaired) electrons. The molecule has 1 N–H and O–H groups in total. The van der Waals surface area contributed by atoms with Crippen molar-refractivity contribution in [3.8, 4) is 0 Å². The predicted octanol–water partition coefficient (Wildman–Crippen LogP) is 7.39. The van der Waals surface area contributed by atoms with Gasteiger partial charge >= 0.3 is 0 Å². The summed E-state index contributed by atoms with van der Waals surface area (Å²) in [6.07, 6.45) is 20.2. The lowest BCUT2D eigenvalue weighted by Gasteiger charge is -2.69. The zero-order valence-electron chi connectivity index (χ0n) is 19.8. The monoisotopic (exact) mass is 398 g/mol. The number of aliphatic hydroxyl groups is 1. The topological polar surface area (TPSA) is 20.2 Å². The average molecular weight is 399 g/mol. The first-order valence-electron chi connectivity index (χ1n) is 13.0. The fourth-order valence-corrected chi connectivity index (χ4v) is 10.9. The largest absolute Gasteiger partial charge is 0.393 e. The quantitative estimate of drug-likeness (QED) is 0.456. The van der Waals surface area contributed by atoms with Crippen molar-refractivity contribution in [1.29, 1.82) is 0 Å². The van der Waals surface area contributed by atoms with E-state index in [1.165, 1.54) is 64.2 Å². The maximum atomic E-state index is 10.8. The third-order valence-corrected chi connectivity index (χ3v) is 12.1. The third-order valence-electron chi connectivity index (χ3n) is 12.1. The van der Waals surface area contributed by atoms with Crippen molar-refractivity contribution in [2.75, 3.05) is 0 Å². The number of hydrogen-bond acceptors (Lipinski definition) is 1. The molecule has 5 fully saturated rings. The van der Waals surface area contributed by atoms with Gasteiger partial charge in [-0.1, -0.05) is 46.3 Å². The van der Waals surface area contributed by atoms with Crippen LogP contribution in [0.3, 0.4) is 0 Å². The second-order valence-corrected chi connectivity index (χ2v) is 13.1. The Balaban J connectivity index is 1.48. The van der Waals surface area contributed by atoms with Gasteiger partial charge in [-0.15, -0.1) is 0 Å². The number of aliphatic hydroxyl groups excluding tert-OH is 1. The summed E-state index contributed by atoms with van der Waals surface area (Å²) >= 11 is 0. The Bertz CT molecular complexity index is 678. The molecule has 0 spiro atoms. The Morgan fingerprint density at radius 2 is 1.48 bits per heavy atom. The van der Waals surface area contributed by atoms with Gasteiger partial charge in [-0.05, 0) is 122 Å². The molecule has 0 aromatic carbocycles. The highest BCUT2D eigenvalue weighted by Crippen LogP contribution is 2.73. The first-order chi connectivity index (χ1) is 13.7. The van der Waals surface area contributed by atoms with Crippen LogP contribution in [0.25, 0.3) is 0 Å². The fourth-order valence-electron chi connectivity index (χ4n) is 10.9. The Morgan fingerprint density at radius 3 is 2.24 bits per heavy atom. The van der Waals surface area contributed by atoms with Crippen molar-refractivity contribution in [3.05, 3.63) is 12.2 Å². The van der Waals surface area contributed by atoms with Gasteiger partial charge in [0.15, 0.2) is 0 Å². The van der Waals surface area contributed by atoms with Crippen LogP contribution in [0, 0.1) is 51.2 Å². The zero-order valence-corrected chi connectivity index (χ0v) is 19.8. The number of hydrogen-bond donors (Lipinski definition) is 1. The Morgan fingerprint density at radius 1 is 0.724 bits per heavy atom. The second-order valence-electron chi connectivity index (χ2n) is 13.1. The summed E-state index contributed by atoms with van der Waals surface area (Å²) < 4.78 is 0. The Hall–Kier alpha value is -0.300. The van der Waals surface area contributed by atoms with Gasteiger partial charge in [0.05, 0.1) is 6.10 Å². The van der Waals surface area contributed by atoms with Crippen molar-refractivity contribution in [1.82, 2.24) is 0 Å². The molecule has 29 heavy (non-hydrogen) atoms. The Labute approximate surface area is 180 Å². The van der Waals surface area contributed by atoms with Crippen molar-refractivity contribution in [2.45, 2.75) is 111 Å². The van der Waals surface area contributed by atoms with Crippen LogP contribution in [0.5, 0.6) is 0 Å². The summed E-state index contributed by atoms with van der Waals surface area (Å²) in [4.78, 5) is 0. The molecule has 9 atom stereocenters. The van der Waals surface area contributed by atoms with Gasteiger partial charge in [-0.3, -0.25) is 0 Å². The predicted molar refractivity (Wildman–Crippen MR) is 121 cm³/mol. The summed E-state index contributed by atoms with van der Waals surface area (Å²) in [6.45, 7) is 12.4. The molecule has 0 bridgehead atoms. The highest BCUT2D eigenvalue weighted by Gasteiger charge is 2.65. The molecule has 0 heterocycles. The number of fused-ring (bicyclic) bond motifs is 7. The van der Waals surface area contributed by atoms with Crippen LogP contribution in [-0.4, -0.2) is 11.2 Å². The molecule has 5 aliphatic carbocycles. The van der Waals surface area contributed by atoms with Crippen LogP contribution in [-0.2, 0) is 0 Å². The second kappa shape index (κ2) is 6.60. The number of rotatable bonds is 1. The van der Waals surface area contributed by atoms with E-state index in [-0.39, 0.29) is 11.5 Å². The van der Waals surface area contributed by atoms with Crippen LogP contribution in [0.2, 0.25) is 0 Å². The highest BCUT2D eigenvalue weighted by atomic mass is 16.3.